The number of nitrogens with one attached hydrogen (secondary N) is 1. The molecule has 0 fully saturated rings. The molecule has 0 bridgehead atoms. The SMILES string of the molecule is Cc1ccc(NC(=O)[C@H](C)Cn2cc(Br)cn2)cc1F. The van der Waals surface area contributed by atoms with E-state index in [9.17, 15) is 9.18 Å². The van der Waals surface area contributed by atoms with Crippen molar-refractivity contribution in [1.82, 2.24) is 9.78 Å². The number of carbonyl (C=O) groups is 1. The zero-order valence-corrected chi connectivity index (χ0v) is 12.8. The van der Waals surface area contributed by atoms with E-state index in [0.29, 0.717) is 17.8 Å². The molecular formula is C14H15BrFN3O. The predicted molar refractivity (Wildman–Crippen MR) is 78.9 cm³/mol. The van der Waals surface area contributed by atoms with Gasteiger partial charge in [0.05, 0.1) is 23.1 Å². The maximum atomic E-state index is 13.4. The van der Waals surface area contributed by atoms with E-state index in [2.05, 4.69) is 26.3 Å². The molecule has 0 aliphatic heterocycles. The molecule has 2 rings (SSSR count). The van der Waals surface area contributed by atoms with Crippen LogP contribution in [0.1, 0.15) is 12.5 Å². The Hall–Kier alpha value is -1.69. The van der Waals surface area contributed by atoms with Gasteiger partial charge >= 0.3 is 0 Å². The third-order valence-corrected chi connectivity index (χ3v) is 3.36. The summed E-state index contributed by atoms with van der Waals surface area (Å²) in [5.41, 5.74) is 1.02. The fourth-order valence-corrected chi connectivity index (χ4v) is 2.07. The van der Waals surface area contributed by atoms with E-state index in [0.717, 1.165) is 4.47 Å². The normalized spacial score (nSPS) is 12.2. The number of halogens is 2. The van der Waals surface area contributed by atoms with Gasteiger partial charge in [0, 0.05) is 11.9 Å². The predicted octanol–water partition coefficient (Wildman–Crippen LogP) is 3.37. The summed E-state index contributed by atoms with van der Waals surface area (Å²) in [6.45, 7) is 3.94. The largest absolute Gasteiger partial charge is 0.326 e. The Labute approximate surface area is 125 Å². The van der Waals surface area contributed by atoms with Crippen LogP contribution in [0, 0.1) is 18.7 Å². The number of aromatic nitrogens is 2. The van der Waals surface area contributed by atoms with Crippen LogP contribution >= 0.6 is 15.9 Å². The van der Waals surface area contributed by atoms with Gasteiger partial charge in [0.15, 0.2) is 0 Å². The molecular weight excluding hydrogens is 325 g/mol. The van der Waals surface area contributed by atoms with Crippen LogP contribution in [0.3, 0.4) is 0 Å². The number of benzene rings is 1. The molecule has 1 atom stereocenters. The van der Waals surface area contributed by atoms with Gasteiger partial charge in [0.25, 0.3) is 0 Å². The van der Waals surface area contributed by atoms with Crippen LogP contribution in [0.25, 0.3) is 0 Å². The minimum absolute atomic E-state index is 0.167. The molecule has 6 heteroatoms. The summed E-state index contributed by atoms with van der Waals surface area (Å²) in [6, 6.07) is 4.65. The third kappa shape index (κ3) is 3.66. The Morgan fingerprint density at radius 1 is 1.55 bits per heavy atom. The molecule has 106 valence electrons. The Morgan fingerprint density at radius 3 is 2.90 bits per heavy atom. The second-order valence-corrected chi connectivity index (χ2v) is 5.65. The molecule has 0 radical (unpaired) electrons. The number of nitrogens with zero attached hydrogens (tertiary/aromatic N) is 2. The van der Waals surface area contributed by atoms with Gasteiger partial charge in [0.2, 0.25) is 5.91 Å². The number of hydrogen-bond acceptors (Lipinski definition) is 2. The molecule has 0 unspecified atom stereocenters. The van der Waals surface area contributed by atoms with Gasteiger partial charge in [-0.2, -0.15) is 5.10 Å². The molecule has 1 amide bonds. The molecule has 2 aromatic rings. The second kappa shape index (κ2) is 6.17. The summed E-state index contributed by atoms with van der Waals surface area (Å²) in [7, 11) is 0. The van der Waals surface area contributed by atoms with Crippen LogP contribution in [0.5, 0.6) is 0 Å². The standard InChI is InChI=1S/C14H15BrFN3O/c1-9-3-4-12(5-13(9)16)18-14(20)10(2)7-19-8-11(15)6-17-19/h3-6,8,10H,7H2,1-2H3,(H,18,20)/t10-/m1/s1. The van der Waals surface area contributed by atoms with Gasteiger partial charge in [0.1, 0.15) is 5.82 Å². The van der Waals surface area contributed by atoms with Gasteiger partial charge in [-0.05, 0) is 40.5 Å². The summed E-state index contributed by atoms with van der Waals surface area (Å²) in [5.74, 6) is -0.766. The molecule has 0 aliphatic carbocycles. The maximum Gasteiger partial charge on any atom is 0.229 e. The number of rotatable bonds is 4. The van der Waals surface area contributed by atoms with E-state index in [1.165, 1.54) is 6.07 Å². The van der Waals surface area contributed by atoms with Crippen molar-refractivity contribution in [1.29, 1.82) is 0 Å². The highest BCUT2D eigenvalue weighted by molar-refractivity contribution is 9.10. The van der Waals surface area contributed by atoms with Crippen molar-refractivity contribution in [3.8, 4) is 0 Å². The quantitative estimate of drug-likeness (QED) is 0.928. The fourth-order valence-electron chi connectivity index (χ4n) is 1.74. The van der Waals surface area contributed by atoms with Crippen molar-refractivity contribution in [2.45, 2.75) is 20.4 Å². The van der Waals surface area contributed by atoms with E-state index >= 15 is 0 Å². The van der Waals surface area contributed by atoms with Crippen molar-refractivity contribution in [3.63, 3.8) is 0 Å². The van der Waals surface area contributed by atoms with Crippen LogP contribution in [-0.2, 0) is 11.3 Å². The first kappa shape index (κ1) is 14.7. The van der Waals surface area contributed by atoms with E-state index in [-0.39, 0.29) is 17.6 Å². The summed E-state index contributed by atoms with van der Waals surface area (Å²) in [5, 5.41) is 6.81. The molecule has 0 spiro atoms. The number of anilines is 1. The highest BCUT2D eigenvalue weighted by Crippen LogP contribution is 2.15. The average Bonchev–Trinajstić information content (AvgIpc) is 2.79. The molecule has 0 saturated heterocycles. The van der Waals surface area contributed by atoms with Gasteiger partial charge < -0.3 is 5.32 Å². The first-order chi connectivity index (χ1) is 9.45. The molecule has 1 N–H and O–H groups in total. The van der Waals surface area contributed by atoms with Gasteiger partial charge in [-0.25, -0.2) is 4.39 Å². The lowest BCUT2D eigenvalue weighted by Crippen LogP contribution is -2.24. The monoisotopic (exact) mass is 339 g/mol. The number of carbonyl (C=O) groups excluding carboxylic acids is 1. The van der Waals surface area contributed by atoms with Crippen LogP contribution in [0.4, 0.5) is 10.1 Å². The van der Waals surface area contributed by atoms with Crippen LogP contribution in [0.2, 0.25) is 0 Å². The fraction of sp³-hybridized carbons (Fsp3) is 0.286. The highest BCUT2D eigenvalue weighted by Gasteiger charge is 2.14. The summed E-state index contributed by atoms with van der Waals surface area (Å²) in [6.07, 6.45) is 3.47. The van der Waals surface area contributed by atoms with E-state index < -0.39 is 0 Å². The highest BCUT2D eigenvalue weighted by atomic mass is 79.9. The van der Waals surface area contributed by atoms with E-state index in [1.807, 2.05) is 0 Å². The van der Waals surface area contributed by atoms with Crippen LogP contribution < -0.4 is 5.32 Å². The molecule has 1 aromatic carbocycles. The van der Waals surface area contributed by atoms with Gasteiger partial charge in [-0.3, -0.25) is 9.48 Å². The lowest BCUT2D eigenvalue weighted by atomic mass is 10.1. The Balaban J connectivity index is 1.98. The lowest BCUT2D eigenvalue weighted by molar-refractivity contribution is -0.119. The second-order valence-electron chi connectivity index (χ2n) is 4.73. The molecule has 20 heavy (non-hydrogen) atoms. The lowest BCUT2D eigenvalue weighted by Gasteiger charge is -2.12. The number of amides is 1. The summed E-state index contributed by atoms with van der Waals surface area (Å²) >= 11 is 3.30. The van der Waals surface area contributed by atoms with E-state index in [1.54, 1.807) is 43.1 Å². The summed E-state index contributed by atoms with van der Waals surface area (Å²) in [4.78, 5) is 12.0. The zero-order chi connectivity index (χ0) is 14.7. The van der Waals surface area contributed by atoms with Crippen molar-refractivity contribution in [3.05, 3.63) is 46.4 Å². The van der Waals surface area contributed by atoms with Crippen molar-refractivity contribution in [2.24, 2.45) is 5.92 Å². The first-order valence-electron chi connectivity index (χ1n) is 6.20. The number of aryl methyl sites for hydroxylation is 1. The molecule has 1 heterocycles. The van der Waals surface area contributed by atoms with Crippen molar-refractivity contribution < 1.29 is 9.18 Å². The average molecular weight is 340 g/mol. The summed E-state index contributed by atoms with van der Waals surface area (Å²) < 4.78 is 16.0. The van der Waals surface area contributed by atoms with Crippen LogP contribution in [0.15, 0.2) is 35.1 Å². The van der Waals surface area contributed by atoms with E-state index in [4.69, 9.17) is 0 Å². The van der Waals surface area contributed by atoms with Gasteiger partial charge in [-0.15, -0.1) is 0 Å². The molecule has 0 aliphatic rings. The van der Waals surface area contributed by atoms with Crippen molar-refractivity contribution >= 4 is 27.5 Å². The Bertz CT molecular complexity index is 627. The Morgan fingerprint density at radius 2 is 2.30 bits per heavy atom. The zero-order valence-electron chi connectivity index (χ0n) is 11.2. The number of hydrogen-bond donors (Lipinski definition) is 1. The molecule has 1 aromatic heterocycles. The Kier molecular flexibility index (Phi) is 4.54. The topological polar surface area (TPSA) is 46.9 Å². The van der Waals surface area contributed by atoms with Crippen LogP contribution in [-0.4, -0.2) is 15.7 Å². The van der Waals surface area contributed by atoms with Crippen molar-refractivity contribution in [2.75, 3.05) is 5.32 Å². The molecule has 0 saturated carbocycles. The molecule has 4 nitrogen and oxygen atoms in total. The van der Waals surface area contributed by atoms with Gasteiger partial charge in [-0.1, -0.05) is 13.0 Å². The first-order valence-corrected chi connectivity index (χ1v) is 7.00. The minimum atomic E-state index is -0.327. The minimum Gasteiger partial charge on any atom is -0.326 e. The third-order valence-electron chi connectivity index (χ3n) is 2.95. The maximum absolute atomic E-state index is 13.4. The smallest absolute Gasteiger partial charge is 0.229 e.